The van der Waals surface area contributed by atoms with Crippen LogP contribution in [0.5, 0.6) is 0 Å². The number of ether oxygens (including phenoxy) is 2. The van der Waals surface area contributed by atoms with Crippen LogP contribution in [0.4, 0.5) is 5.69 Å². The number of methoxy groups -OCH3 is 2. The second-order valence-corrected chi connectivity index (χ2v) is 6.97. The second-order valence-electron chi connectivity index (χ2n) is 6.97. The fourth-order valence-electron chi connectivity index (χ4n) is 3.29. The molecule has 32 heavy (non-hydrogen) atoms. The van der Waals surface area contributed by atoms with Gasteiger partial charge in [-0.15, -0.1) is 0 Å². The molecule has 3 aromatic carbocycles. The first-order valence-electron chi connectivity index (χ1n) is 9.96. The lowest BCUT2D eigenvalue weighted by Crippen LogP contribution is -2.32. The van der Waals surface area contributed by atoms with Gasteiger partial charge in [-0.05, 0) is 29.3 Å². The van der Waals surface area contributed by atoms with E-state index in [1.807, 2.05) is 60.7 Å². The molecule has 0 fully saturated rings. The van der Waals surface area contributed by atoms with E-state index in [9.17, 15) is 14.4 Å². The molecule has 0 atom stereocenters. The van der Waals surface area contributed by atoms with E-state index >= 15 is 0 Å². The van der Waals surface area contributed by atoms with Gasteiger partial charge in [-0.1, -0.05) is 60.7 Å². The quantitative estimate of drug-likeness (QED) is 0.529. The van der Waals surface area contributed by atoms with E-state index < -0.39 is 11.9 Å². The third-order valence-electron chi connectivity index (χ3n) is 4.79. The van der Waals surface area contributed by atoms with Gasteiger partial charge in [0.1, 0.15) is 0 Å². The van der Waals surface area contributed by atoms with Crippen molar-refractivity contribution < 1.29 is 23.9 Å². The molecule has 0 saturated carbocycles. The average molecular weight is 432 g/mol. The predicted molar refractivity (Wildman–Crippen MR) is 120 cm³/mol. The van der Waals surface area contributed by atoms with Crippen molar-refractivity contribution in [2.75, 3.05) is 26.1 Å². The Hall–Kier alpha value is -3.97. The van der Waals surface area contributed by atoms with Gasteiger partial charge in [0.15, 0.2) is 0 Å². The summed E-state index contributed by atoms with van der Waals surface area (Å²) < 4.78 is 9.45. The SMILES string of the molecule is COC(=O)c1cc(NC(=O)CNC(c2ccccc2)c2ccccc2)cc(C(=O)OC)c1. The molecule has 0 unspecified atom stereocenters. The number of carbonyl (C=O) groups is 3. The summed E-state index contributed by atoms with van der Waals surface area (Å²) in [6.45, 7) is 0.00443. The molecule has 0 radical (unpaired) electrons. The fraction of sp³-hybridized carbons (Fsp3) is 0.160. The first-order chi connectivity index (χ1) is 15.5. The molecule has 0 heterocycles. The van der Waals surface area contributed by atoms with Crippen molar-refractivity contribution >= 4 is 23.5 Å². The van der Waals surface area contributed by atoms with E-state index in [0.29, 0.717) is 0 Å². The van der Waals surface area contributed by atoms with Crippen molar-refractivity contribution in [1.82, 2.24) is 5.32 Å². The van der Waals surface area contributed by atoms with Crippen molar-refractivity contribution in [3.05, 3.63) is 101 Å². The fourth-order valence-corrected chi connectivity index (χ4v) is 3.29. The number of amides is 1. The van der Waals surface area contributed by atoms with Gasteiger partial charge in [-0.2, -0.15) is 0 Å². The Morgan fingerprint density at radius 3 is 1.66 bits per heavy atom. The Kier molecular flexibility index (Phi) is 7.72. The van der Waals surface area contributed by atoms with Crippen LogP contribution in [0, 0.1) is 0 Å². The lowest BCUT2D eigenvalue weighted by molar-refractivity contribution is -0.115. The zero-order chi connectivity index (χ0) is 22.9. The number of carbonyl (C=O) groups excluding carboxylic acids is 3. The summed E-state index contributed by atoms with van der Waals surface area (Å²) in [7, 11) is 2.48. The van der Waals surface area contributed by atoms with E-state index in [0.717, 1.165) is 11.1 Å². The summed E-state index contributed by atoms with van der Waals surface area (Å²) in [6.07, 6.45) is 0. The minimum Gasteiger partial charge on any atom is -0.465 e. The van der Waals surface area contributed by atoms with Crippen LogP contribution in [-0.4, -0.2) is 38.6 Å². The lowest BCUT2D eigenvalue weighted by Gasteiger charge is -2.20. The highest BCUT2D eigenvalue weighted by Crippen LogP contribution is 2.22. The van der Waals surface area contributed by atoms with Crippen LogP contribution < -0.4 is 10.6 Å². The molecule has 3 rings (SSSR count). The zero-order valence-electron chi connectivity index (χ0n) is 17.8. The Morgan fingerprint density at radius 1 is 0.750 bits per heavy atom. The lowest BCUT2D eigenvalue weighted by atomic mass is 9.99. The first kappa shape index (κ1) is 22.7. The number of rotatable bonds is 8. The molecular formula is C25H24N2O5. The molecule has 7 nitrogen and oxygen atoms in total. The smallest absolute Gasteiger partial charge is 0.337 e. The van der Waals surface area contributed by atoms with E-state index in [-0.39, 0.29) is 35.3 Å². The zero-order valence-corrected chi connectivity index (χ0v) is 17.8. The van der Waals surface area contributed by atoms with E-state index in [1.165, 1.54) is 32.4 Å². The van der Waals surface area contributed by atoms with Crippen molar-refractivity contribution in [1.29, 1.82) is 0 Å². The Labute approximate surface area is 186 Å². The van der Waals surface area contributed by atoms with Crippen molar-refractivity contribution in [3.63, 3.8) is 0 Å². The summed E-state index contributed by atoms with van der Waals surface area (Å²) in [5.74, 6) is -1.59. The van der Waals surface area contributed by atoms with Crippen molar-refractivity contribution in [2.24, 2.45) is 0 Å². The number of hydrogen-bond acceptors (Lipinski definition) is 6. The number of anilines is 1. The van der Waals surface area contributed by atoms with E-state index in [2.05, 4.69) is 10.6 Å². The highest BCUT2D eigenvalue weighted by atomic mass is 16.5. The van der Waals surface area contributed by atoms with Gasteiger partial charge in [0, 0.05) is 5.69 Å². The topological polar surface area (TPSA) is 93.7 Å². The highest BCUT2D eigenvalue weighted by Gasteiger charge is 2.17. The maximum atomic E-state index is 12.7. The number of nitrogens with one attached hydrogen (secondary N) is 2. The third kappa shape index (κ3) is 5.80. The molecule has 0 bridgehead atoms. The molecular weight excluding hydrogens is 408 g/mol. The predicted octanol–water partition coefficient (Wildman–Crippen LogP) is 3.58. The summed E-state index contributed by atoms with van der Waals surface area (Å²) in [4.78, 5) is 36.6. The van der Waals surface area contributed by atoms with Crippen molar-refractivity contribution in [3.8, 4) is 0 Å². The van der Waals surface area contributed by atoms with Gasteiger partial charge in [-0.3, -0.25) is 10.1 Å². The Balaban J connectivity index is 1.77. The molecule has 0 aliphatic carbocycles. The highest BCUT2D eigenvalue weighted by molar-refractivity contribution is 5.99. The summed E-state index contributed by atoms with van der Waals surface area (Å²) in [5, 5.41) is 6.00. The van der Waals surface area contributed by atoms with Crippen LogP contribution in [0.3, 0.4) is 0 Å². The molecule has 0 aromatic heterocycles. The summed E-state index contributed by atoms with van der Waals surface area (Å²) in [5.41, 5.74) is 2.59. The molecule has 2 N–H and O–H groups in total. The molecule has 164 valence electrons. The first-order valence-corrected chi connectivity index (χ1v) is 9.96. The molecule has 7 heteroatoms. The van der Waals surface area contributed by atoms with Gasteiger partial charge >= 0.3 is 11.9 Å². The van der Waals surface area contributed by atoms with Crippen LogP contribution in [0.15, 0.2) is 78.9 Å². The van der Waals surface area contributed by atoms with E-state index in [1.54, 1.807) is 0 Å². The minimum atomic E-state index is -0.627. The average Bonchev–Trinajstić information content (AvgIpc) is 2.84. The number of benzene rings is 3. The Morgan fingerprint density at radius 2 is 1.22 bits per heavy atom. The van der Waals surface area contributed by atoms with Crippen LogP contribution in [0.1, 0.15) is 37.9 Å². The third-order valence-corrected chi connectivity index (χ3v) is 4.79. The number of esters is 2. The second kappa shape index (κ2) is 10.9. The Bertz CT molecular complexity index is 1010. The summed E-state index contributed by atoms with van der Waals surface area (Å²) >= 11 is 0. The molecule has 3 aromatic rings. The normalized spacial score (nSPS) is 10.5. The maximum Gasteiger partial charge on any atom is 0.337 e. The van der Waals surface area contributed by atoms with Crippen LogP contribution in [0.25, 0.3) is 0 Å². The molecule has 0 aliphatic rings. The summed E-state index contributed by atoms with van der Waals surface area (Å²) in [6, 6.07) is 23.7. The maximum absolute atomic E-state index is 12.7. The largest absolute Gasteiger partial charge is 0.465 e. The van der Waals surface area contributed by atoms with Gasteiger partial charge < -0.3 is 14.8 Å². The van der Waals surface area contributed by atoms with E-state index in [4.69, 9.17) is 9.47 Å². The van der Waals surface area contributed by atoms with Crippen LogP contribution in [0.2, 0.25) is 0 Å². The standard InChI is InChI=1S/C25H24N2O5/c1-31-24(29)19-13-20(25(30)32-2)15-21(14-19)27-22(28)16-26-23(17-9-5-3-6-10-17)18-11-7-4-8-12-18/h3-15,23,26H,16H2,1-2H3,(H,27,28). The molecule has 0 saturated heterocycles. The number of hydrogen-bond donors (Lipinski definition) is 2. The van der Waals surface area contributed by atoms with Crippen LogP contribution >= 0.6 is 0 Å². The minimum absolute atomic E-state index is 0.00443. The van der Waals surface area contributed by atoms with Gasteiger partial charge in [-0.25, -0.2) is 9.59 Å². The van der Waals surface area contributed by atoms with Gasteiger partial charge in [0.2, 0.25) is 5.91 Å². The van der Waals surface area contributed by atoms with Crippen molar-refractivity contribution in [2.45, 2.75) is 6.04 Å². The van der Waals surface area contributed by atoms with Gasteiger partial charge in [0.05, 0.1) is 37.9 Å². The van der Waals surface area contributed by atoms with Gasteiger partial charge in [0.25, 0.3) is 0 Å². The molecule has 1 amide bonds. The molecule has 0 spiro atoms. The molecule has 0 aliphatic heterocycles. The monoisotopic (exact) mass is 432 g/mol. The van der Waals surface area contributed by atoms with Crippen LogP contribution in [-0.2, 0) is 14.3 Å².